The number of methoxy groups -OCH3 is 1. The molecule has 6 nitrogen and oxygen atoms in total. The van der Waals surface area contributed by atoms with Gasteiger partial charge in [0.05, 0.1) is 23.7 Å². The number of rotatable bonds is 3. The van der Waals surface area contributed by atoms with E-state index in [0.29, 0.717) is 11.3 Å². The van der Waals surface area contributed by atoms with Crippen LogP contribution in [0, 0.1) is 10.1 Å². The summed E-state index contributed by atoms with van der Waals surface area (Å²) in [7, 11) is 1.56. The molecule has 0 N–H and O–H groups in total. The molecule has 0 aliphatic carbocycles. The van der Waals surface area contributed by atoms with Crippen molar-refractivity contribution in [2.24, 2.45) is 0 Å². The number of hydrogen-bond acceptors (Lipinski definition) is 4. The van der Waals surface area contributed by atoms with Crippen LogP contribution in [0.15, 0.2) is 30.7 Å². The minimum Gasteiger partial charge on any atom is -0.497 e. The van der Waals surface area contributed by atoms with E-state index in [1.54, 1.807) is 36.2 Å². The number of nitrogens with zero attached hydrogens (tertiary/aromatic N) is 3. The predicted molar refractivity (Wildman–Crippen MR) is 57.8 cm³/mol. The molecule has 0 atom stereocenters. The lowest BCUT2D eigenvalue weighted by Gasteiger charge is -1.99. The van der Waals surface area contributed by atoms with Gasteiger partial charge in [0, 0.05) is 23.9 Å². The maximum absolute atomic E-state index is 10.2. The van der Waals surface area contributed by atoms with E-state index in [1.165, 1.54) is 6.08 Å². The zero-order valence-electron chi connectivity index (χ0n) is 8.53. The average molecular weight is 219 g/mol. The lowest BCUT2D eigenvalue weighted by molar-refractivity contribution is -0.400. The van der Waals surface area contributed by atoms with Crippen LogP contribution in [0.2, 0.25) is 0 Å². The molecule has 0 aliphatic heterocycles. The summed E-state index contributed by atoms with van der Waals surface area (Å²) < 4.78 is 6.70. The van der Waals surface area contributed by atoms with Crippen LogP contribution in [0.5, 0.6) is 5.75 Å². The standard InChI is InChI=1S/C10H9N3O3/c1-16-9-3-4-12-10(6-9)8(7-11-12)2-5-13(14)15/h2-7H,1H3. The highest BCUT2D eigenvalue weighted by molar-refractivity contribution is 5.69. The van der Waals surface area contributed by atoms with Gasteiger partial charge in [-0.05, 0) is 6.07 Å². The third kappa shape index (κ3) is 1.85. The molecule has 2 rings (SSSR count). The summed E-state index contributed by atoms with van der Waals surface area (Å²) in [5.41, 5.74) is 1.44. The zero-order chi connectivity index (χ0) is 11.5. The molecule has 0 saturated heterocycles. The Bertz CT molecular complexity index is 559. The summed E-state index contributed by atoms with van der Waals surface area (Å²) in [5.74, 6) is 0.684. The van der Waals surface area contributed by atoms with Gasteiger partial charge >= 0.3 is 0 Å². The molecule has 2 aromatic heterocycles. The Hall–Kier alpha value is -2.37. The second-order valence-electron chi connectivity index (χ2n) is 3.10. The minimum absolute atomic E-state index is 0.510. The molecule has 0 aliphatic rings. The molecule has 0 aromatic carbocycles. The van der Waals surface area contributed by atoms with Crippen LogP contribution >= 0.6 is 0 Å². The van der Waals surface area contributed by atoms with Gasteiger partial charge in [0.15, 0.2) is 0 Å². The average Bonchev–Trinajstić information content (AvgIpc) is 2.68. The minimum atomic E-state index is -0.510. The zero-order valence-corrected chi connectivity index (χ0v) is 8.53. The van der Waals surface area contributed by atoms with E-state index in [9.17, 15) is 10.1 Å². The van der Waals surface area contributed by atoms with Crippen molar-refractivity contribution < 1.29 is 9.66 Å². The SMILES string of the molecule is COc1ccn2ncc(C=C[N+](=O)[O-])c2c1. The van der Waals surface area contributed by atoms with Crippen molar-refractivity contribution >= 4 is 11.6 Å². The van der Waals surface area contributed by atoms with E-state index < -0.39 is 4.92 Å². The first-order valence-corrected chi connectivity index (χ1v) is 4.54. The Labute approximate surface area is 90.9 Å². The van der Waals surface area contributed by atoms with Crippen molar-refractivity contribution in [3.8, 4) is 5.75 Å². The van der Waals surface area contributed by atoms with Gasteiger partial charge in [0.1, 0.15) is 5.75 Å². The van der Waals surface area contributed by atoms with Gasteiger partial charge < -0.3 is 4.74 Å². The largest absolute Gasteiger partial charge is 0.497 e. The Balaban J connectivity index is 2.49. The first-order chi connectivity index (χ1) is 7.70. The van der Waals surface area contributed by atoms with Crippen molar-refractivity contribution in [3.63, 3.8) is 0 Å². The third-order valence-corrected chi connectivity index (χ3v) is 2.13. The van der Waals surface area contributed by atoms with Crippen LogP contribution in [0.25, 0.3) is 11.6 Å². The lowest BCUT2D eigenvalue weighted by Crippen LogP contribution is -1.88. The van der Waals surface area contributed by atoms with Crippen LogP contribution in [0.4, 0.5) is 0 Å². The number of aromatic nitrogens is 2. The van der Waals surface area contributed by atoms with Crippen molar-refractivity contribution in [1.29, 1.82) is 0 Å². The molecule has 0 radical (unpaired) electrons. The normalized spacial score (nSPS) is 11.1. The maximum atomic E-state index is 10.2. The van der Waals surface area contributed by atoms with E-state index in [0.717, 1.165) is 11.7 Å². The molecule has 0 spiro atoms. The predicted octanol–water partition coefficient (Wildman–Crippen LogP) is 1.59. The molecule has 2 aromatic rings. The summed E-state index contributed by atoms with van der Waals surface area (Å²) in [4.78, 5) is 9.71. The van der Waals surface area contributed by atoms with E-state index in [-0.39, 0.29) is 0 Å². The third-order valence-electron chi connectivity index (χ3n) is 2.13. The van der Waals surface area contributed by atoms with Crippen molar-refractivity contribution in [2.75, 3.05) is 7.11 Å². The van der Waals surface area contributed by atoms with Crippen LogP contribution in [-0.2, 0) is 0 Å². The number of fused-ring (bicyclic) bond motifs is 1. The van der Waals surface area contributed by atoms with Gasteiger partial charge in [-0.15, -0.1) is 0 Å². The lowest BCUT2D eigenvalue weighted by atomic mass is 10.2. The molecule has 16 heavy (non-hydrogen) atoms. The Morgan fingerprint density at radius 1 is 1.62 bits per heavy atom. The van der Waals surface area contributed by atoms with E-state index in [2.05, 4.69) is 5.10 Å². The molecule has 2 heterocycles. The fraction of sp³-hybridized carbons (Fsp3) is 0.100. The van der Waals surface area contributed by atoms with E-state index >= 15 is 0 Å². The van der Waals surface area contributed by atoms with Crippen LogP contribution in [0.3, 0.4) is 0 Å². The van der Waals surface area contributed by atoms with E-state index in [4.69, 9.17) is 4.74 Å². The number of hydrogen-bond donors (Lipinski definition) is 0. The van der Waals surface area contributed by atoms with Crippen LogP contribution in [-0.4, -0.2) is 21.6 Å². The molecule has 6 heteroatoms. The fourth-order valence-corrected chi connectivity index (χ4v) is 1.38. The summed E-state index contributed by atoms with van der Waals surface area (Å²) in [5, 5.41) is 14.3. The molecule has 0 bridgehead atoms. The molecule has 0 unspecified atom stereocenters. The van der Waals surface area contributed by atoms with Crippen molar-refractivity contribution in [3.05, 3.63) is 46.4 Å². The monoisotopic (exact) mass is 219 g/mol. The second kappa shape index (κ2) is 4.01. The van der Waals surface area contributed by atoms with Gasteiger partial charge in [-0.3, -0.25) is 10.1 Å². The highest BCUT2D eigenvalue weighted by Crippen LogP contribution is 2.18. The van der Waals surface area contributed by atoms with Crippen molar-refractivity contribution in [2.45, 2.75) is 0 Å². The Morgan fingerprint density at radius 2 is 2.44 bits per heavy atom. The summed E-state index contributed by atoms with van der Waals surface area (Å²) in [6, 6.07) is 3.54. The van der Waals surface area contributed by atoms with Crippen LogP contribution in [0.1, 0.15) is 5.56 Å². The first kappa shape index (κ1) is 10.2. The Kier molecular flexibility index (Phi) is 2.55. The highest BCUT2D eigenvalue weighted by Gasteiger charge is 2.03. The maximum Gasteiger partial charge on any atom is 0.235 e. The summed E-state index contributed by atoms with van der Waals surface area (Å²) in [6.07, 6.45) is 5.59. The molecule has 0 amide bonds. The number of ether oxygens (including phenoxy) is 1. The topological polar surface area (TPSA) is 69.7 Å². The van der Waals surface area contributed by atoms with Gasteiger partial charge in [-0.25, -0.2) is 4.52 Å². The molecule has 0 fully saturated rings. The molecule has 0 saturated carbocycles. The molecule has 82 valence electrons. The van der Waals surface area contributed by atoms with E-state index in [1.807, 2.05) is 0 Å². The first-order valence-electron chi connectivity index (χ1n) is 4.54. The van der Waals surface area contributed by atoms with Gasteiger partial charge in [0.2, 0.25) is 6.20 Å². The molecular weight excluding hydrogens is 210 g/mol. The molecular formula is C10H9N3O3. The smallest absolute Gasteiger partial charge is 0.235 e. The quantitative estimate of drug-likeness (QED) is 0.580. The van der Waals surface area contributed by atoms with Crippen molar-refractivity contribution in [1.82, 2.24) is 9.61 Å². The highest BCUT2D eigenvalue weighted by atomic mass is 16.6. The van der Waals surface area contributed by atoms with Gasteiger partial charge in [0.25, 0.3) is 0 Å². The second-order valence-corrected chi connectivity index (χ2v) is 3.10. The summed E-state index contributed by atoms with van der Waals surface area (Å²) >= 11 is 0. The van der Waals surface area contributed by atoms with Gasteiger partial charge in [-0.2, -0.15) is 5.10 Å². The fourth-order valence-electron chi connectivity index (χ4n) is 1.38. The summed E-state index contributed by atoms with van der Waals surface area (Å²) in [6.45, 7) is 0. The van der Waals surface area contributed by atoms with Gasteiger partial charge in [-0.1, -0.05) is 0 Å². The number of pyridine rings is 1. The number of nitro groups is 1. The van der Waals surface area contributed by atoms with Crippen LogP contribution < -0.4 is 4.74 Å². The Morgan fingerprint density at radius 3 is 3.12 bits per heavy atom.